The second kappa shape index (κ2) is 10.4. The molecule has 1 atom stereocenters. The zero-order valence-corrected chi connectivity index (χ0v) is 17.3. The van der Waals surface area contributed by atoms with E-state index in [9.17, 15) is 13.2 Å². The highest BCUT2D eigenvalue weighted by Crippen LogP contribution is 2.25. The standard InChI is InChI=1S/C20H26N2O3S.ClH/c1-3-15-9-11-16(12-10-15)20(22-19(23)8-5-13-21)17-6-4-7-18(14-17)26(2,24)25;/h4,6-7,9-12,14,20H,3,5,8,13,21H2,1-2H3,(H,22,23);1H. The fourth-order valence-electron chi connectivity index (χ4n) is 2.73. The van der Waals surface area contributed by atoms with Crippen molar-refractivity contribution in [2.75, 3.05) is 12.8 Å². The van der Waals surface area contributed by atoms with Gasteiger partial charge in [0.25, 0.3) is 0 Å². The molecule has 0 aliphatic carbocycles. The predicted octanol–water partition coefficient (Wildman–Crippen LogP) is 3.02. The van der Waals surface area contributed by atoms with Crippen LogP contribution >= 0.6 is 12.4 Å². The van der Waals surface area contributed by atoms with Gasteiger partial charge in [-0.05, 0) is 48.2 Å². The first kappa shape index (κ1) is 23.1. The SMILES string of the molecule is CCc1ccc(C(NC(=O)CCCN)c2cccc(S(C)(=O)=O)c2)cc1.Cl. The lowest BCUT2D eigenvalue weighted by molar-refractivity contribution is -0.121. The minimum Gasteiger partial charge on any atom is -0.345 e. The molecule has 0 radical (unpaired) electrons. The van der Waals surface area contributed by atoms with Crippen molar-refractivity contribution in [2.24, 2.45) is 5.73 Å². The Hall–Kier alpha value is -1.89. The first-order chi connectivity index (χ1) is 12.3. The summed E-state index contributed by atoms with van der Waals surface area (Å²) < 4.78 is 23.8. The number of nitrogens with one attached hydrogen (secondary N) is 1. The third-order valence-electron chi connectivity index (χ3n) is 4.25. The Balaban J connectivity index is 0.00000364. The van der Waals surface area contributed by atoms with E-state index in [0.717, 1.165) is 17.5 Å². The van der Waals surface area contributed by atoms with Crippen LogP contribution in [0.1, 0.15) is 42.5 Å². The first-order valence-corrected chi connectivity index (χ1v) is 10.6. The average Bonchev–Trinajstić information content (AvgIpc) is 2.64. The molecule has 0 saturated heterocycles. The lowest BCUT2D eigenvalue weighted by Crippen LogP contribution is -2.29. The predicted molar refractivity (Wildman–Crippen MR) is 111 cm³/mol. The van der Waals surface area contributed by atoms with Crippen molar-refractivity contribution in [2.45, 2.75) is 37.1 Å². The van der Waals surface area contributed by atoms with Gasteiger partial charge in [0.1, 0.15) is 0 Å². The Kier molecular flexibility index (Phi) is 8.96. The van der Waals surface area contributed by atoms with Gasteiger partial charge in [0.2, 0.25) is 5.91 Å². The van der Waals surface area contributed by atoms with E-state index >= 15 is 0 Å². The molecule has 0 saturated carbocycles. The molecule has 1 unspecified atom stereocenters. The Morgan fingerprint density at radius 2 is 1.78 bits per heavy atom. The Labute approximate surface area is 167 Å². The number of nitrogens with two attached hydrogens (primary N) is 1. The van der Waals surface area contributed by atoms with E-state index in [4.69, 9.17) is 5.73 Å². The number of carbonyl (C=O) groups excluding carboxylic acids is 1. The van der Waals surface area contributed by atoms with Crippen LogP contribution < -0.4 is 11.1 Å². The molecule has 0 spiro atoms. The number of hydrogen-bond donors (Lipinski definition) is 2. The molecule has 0 aliphatic rings. The van der Waals surface area contributed by atoms with Gasteiger partial charge in [-0.15, -0.1) is 12.4 Å². The molecule has 27 heavy (non-hydrogen) atoms. The summed E-state index contributed by atoms with van der Waals surface area (Å²) in [4.78, 5) is 12.5. The fourth-order valence-corrected chi connectivity index (χ4v) is 3.40. The molecule has 1 amide bonds. The minimum absolute atomic E-state index is 0. The molecule has 148 valence electrons. The molecule has 0 aliphatic heterocycles. The van der Waals surface area contributed by atoms with Crippen LogP contribution in [0.25, 0.3) is 0 Å². The van der Waals surface area contributed by atoms with Gasteiger partial charge >= 0.3 is 0 Å². The van der Waals surface area contributed by atoms with Crippen LogP contribution in [0, 0.1) is 0 Å². The quantitative estimate of drug-likeness (QED) is 0.699. The van der Waals surface area contributed by atoms with Crippen LogP contribution in [0.4, 0.5) is 0 Å². The van der Waals surface area contributed by atoms with Crippen LogP contribution in [0.15, 0.2) is 53.4 Å². The molecular weight excluding hydrogens is 384 g/mol. The molecule has 0 fully saturated rings. The third kappa shape index (κ3) is 6.65. The van der Waals surface area contributed by atoms with Crippen LogP contribution in [-0.4, -0.2) is 27.1 Å². The summed E-state index contributed by atoms with van der Waals surface area (Å²) in [6.07, 6.45) is 3.05. The maximum Gasteiger partial charge on any atom is 0.220 e. The van der Waals surface area contributed by atoms with Crippen LogP contribution in [0.5, 0.6) is 0 Å². The zero-order chi connectivity index (χ0) is 19.2. The lowest BCUT2D eigenvalue weighted by atomic mass is 9.97. The van der Waals surface area contributed by atoms with E-state index in [1.165, 1.54) is 11.8 Å². The van der Waals surface area contributed by atoms with E-state index in [-0.39, 0.29) is 23.2 Å². The fraction of sp³-hybridized carbons (Fsp3) is 0.350. The van der Waals surface area contributed by atoms with Crippen molar-refractivity contribution < 1.29 is 13.2 Å². The number of benzene rings is 2. The molecule has 0 aromatic heterocycles. The highest BCUT2D eigenvalue weighted by molar-refractivity contribution is 7.90. The Morgan fingerprint density at radius 3 is 2.33 bits per heavy atom. The molecule has 3 N–H and O–H groups in total. The molecule has 7 heteroatoms. The van der Waals surface area contributed by atoms with Crippen molar-refractivity contribution >= 4 is 28.2 Å². The maximum absolute atomic E-state index is 12.3. The summed E-state index contributed by atoms with van der Waals surface area (Å²) in [5, 5.41) is 3.01. The van der Waals surface area contributed by atoms with Gasteiger partial charge in [0.05, 0.1) is 10.9 Å². The highest BCUT2D eigenvalue weighted by Gasteiger charge is 2.19. The molecule has 5 nitrogen and oxygen atoms in total. The van der Waals surface area contributed by atoms with Crippen molar-refractivity contribution in [3.63, 3.8) is 0 Å². The van der Waals surface area contributed by atoms with Crippen molar-refractivity contribution in [1.29, 1.82) is 0 Å². The van der Waals surface area contributed by atoms with Gasteiger partial charge in [-0.3, -0.25) is 4.79 Å². The second-order valence-electron chi connectivity index (χ2n) is 6.33. The van der Waals surface area contributed by atoms with Gasteiger partial charge in [-0.2, -0.15) is 0 Å². The van der Waals surface area contributed by atoms with E-state index in [0.29, 0.717) is 19.4 Å². The number of aryl methyl sites for hydroxylation is 1. The van der Waals surface area contributed by atoms with E-state index in [1.807, 2.05) is 30.3 Å². The summed E-state index contributed by atoms with van der Waals surface area (Å²) in [7, 11) is -3.32. The minimum atomic E-state index is -3.32. The summed E-state index contributed by atoms with van der Waals surface area (Å²) in [5.74, 6) is -0.107. The molecule has 2 aromatic rings. The number of sulfone groups is 1. The third-order valence-corrected chi connectivity index (χ3v) is 5.36. The van der Waals surface area contributed by atoms with Gasteiger partial charge < -0.3 is 11.1 Å². The van der Waals surface area contributed by atoms with Crippen LogP contribution in [0.2, 0.25) is 0 Å². The number of hydrogen-bond acceptors (Lipinski definition) is 4. The van der Waals surface area contributed by atoms with Gasteiger partial charge in [-0.25, -0.2) is 8.42 Å². The molecule has 2 rings (SSSR count). The van der Waals surface area contributed by atoms with Crippen LogP contribution in [0.3, 0.4) is 0 Å². The smallest absolute Gasteiger partial charge is 0.220 e. The second-order valence-corrected chi connectivity index (χ2v) is 8.35. The zero-order valence-electron chi connectivity index (χ0n) is 15.6. The number of halogens is 1. The summed E-state index contributed by atoms with van der Waals surface area (Å²) in [5.41, 5.74) is 8.33. The topological polar surface area (TPSA) is 89.3 Å². The van der Waals surface area contributed by atoms with Crippen molar-refractivity contribution in [1.82, 2.24) is 5.32 Å². The Morgan fingerprint density at radius 1 is 1.11 bits per heavy atom. The van der Waals surface area contributed by atoms with Crippen LogP contribution in [-0.2, 0) is 21.1 Å². The maximum atomic E-state index is 12.3. The number of carbonyl (C=O) groups is 1. The normalized spacial score (nSPS) is 12.1. The number of rotatable bonds is 8. The first-order valence-electron chi connectivity index (χ1n) is 8.73. The van der Waals surface area contributed by atoms with Gasteiger partial charge in [0, 0.05) is 12.7 Å². The van der Waals surface area contributed by atoms with Gasteiger partial charge in [0.15, 0.2) is 9.84 Å². The molecule has 0 heterocycles. The Bertz CT molecular complexity index is 852. The van der Waals surface area contributed by atoms with Crippen molar-refractivity contribution in [3.8, 4) is 0 Å². The summed E-state index contributed by atoms with van der Waals surface area (Å²) in [6.45, 7) is 2.53. The highest BCUT2D eigenvalue weighted by atomic mass is 35.5. The van der Waals surface area contributed by atoms with Gasteiger partial charge in [-0.1, -0.05) is 43.3 Å². The van der Waals surface area contributed by atoms with E-state index in [2.05, 4.69) is 12.2 Å². The summed E-state index contributed by atoms with van der Waals surface area (Å²) >= 11 is 0. The largest absolute Gasteiger partial charge is 0.345 e. The van der Waals surface area contributed by atoms with E-state index < -0.39 is 15.9 Å². The number of amides is 1. The van der Waals surface area contributed by atoms with Crippen molar-refractivity contribution in [3.05, 3.63) is 65.2 Å². The van der Waals surface area contributed by atoms with E-state index in [1.54, 1.807) is 18.2 Å². The lowest BCUT2D eigenvalue weighted by Gasteiger charge is -2.21. The monoisotopic (exact) mass is 410 g/mol. The molecule has 2 aromatic carbocycles. The molecular formula is C20H27ClN2O3S. The summed E-state index contributed by atoms with van der Waals surface area (Å²) in [6, 6.07) is 14.3. The molecule has 0 bridgehead atoms. The average molecular weight is 411 g/mol.